The van der Waals surface area contributed by atoms with E-state index in [1.54, 1.807) is 11.0 Å². The van der Waals surface area contributed by atoms with Crippen molar-refractivity contribution in [3.8, 4) is 0 Å². The van der Waals surface area contributed by atoms with Gasteiger partial charge in [0.15, 0.2) is 0 Å². The molecule has 23 heavy (non-hydrogen) atoms. The van der Waals surface area contributed by atoms with E-state index in [9.17, 15) is 14.4 Å². The van der Waals surface area contributed by atoms with E-state index in [-0.39, 0.29) is 11.9 Å². The van der Waals surface area contributed by atoms with Gasteiger partial charge in [0.1, 0.15) is 5.69 Å². The molecule has 0 spiro atoms. The molecule has 8 heteroatoms. The normalized spacial score (nSPS) is 18.0. The molecule has 0 aromatic carbocycles. The van der Waals surface area contributed by atoms with Crippen LogP contribution in [0.5, 0.6) is 0 Å². The van der Waals surface area contributed by atoms with Crippen LogP contribution in [0.2, 0.25) is 0 Å². The molecule has 0 radical (unpaired) electrons. The first kappa shape index (κ1) is 15.5. The summed E-state index contributed by atoms with van der Waals surface area (Å²) >= 11 is 0. The van der Waals surface area contributed by atoms with E-state index in [4.69, 9.17) is 0 Å². The number of H-pyrrole nitrogens is 1. The van der Waals surface area contributed by atoms with Gasteiger partial charge in [-0.15, -0.1) is 0 Å². The lowest BCUT2D eigenvalue weighted by molar-refractivity contribution is -0.146. The smallest absolute Gasteiger partial charge is 0.312 e. The first-order valence-electron chi connectivity index (χ1n) is 8.01. The van der Waals surface area contributed by atoms with Crippen LogP contribution in [-0.2, 0) is 16.0 Å². The second-order valence-corrected chi connectivity index (χ2v) is 5.96. The van der Waals surface area contributed by atoms with Gasteiger partial charge in [0.25, 0.3) is 5.91 Å². The molecular formula is C15H21N5O3. The third-order valence-corrected chi connectivity index (χ3v) is 4.19. The van der Waals surface area contributed by atoms with Gasteiger partial charge >= 0.3 is 11.8 Å². The van der Waals surface area contributed by atoms with Crippen LogP contribution < -0.4 is 5.32 Å². The molecule has 8 nitrogen and oxygen atoms in total. The average Bonchev–Trinajstić information content (AvgIpc) is 3.26. The van der Waals surface area contributed by atoms with Crippen molar-refractivity contribution in [3.05, 3.63) is 17.5 Å². The number of hydrogen-bond donors (Lipinski definition) is 2. The fourth-order valence-electron chi connectivity index (χ4n) is 2.55. The molecule has 1 aliphatic heterocycles. The lowest BCUT2D eigenvalue weighted by Crippen LogP contribution is -2.54. The van der Waals surface area contributed by atoms with E-state index in [0.717, 1.165) is 25.0 Å². The van der Waals surface area contributed by atoms with E-state index in [0.29, 0.717) is 31.9 Å². The number of carbonyl (C=O) groups is 3. The molecule has 1 saturated heterocycles. The number of rotatable bonds is 3. The average molecular weight is 319 g/mol. The Morgan fingerprint density at radius 2 is 1.87 bits per heavy atom. The molecule has 3 rings (SSSR count). The minimum atomic E-state index is -0.535. The number of piperazine rings is 1. The van der Waals surface area contributed by atoms with Crippen molar-refractivity contribution in [2.75, 3.05) is 26.2 Å². The van der Waals surface area contributed by atoms with E-state index < -0.39 is 11.8 Å². The highest BCUT2D eigenvalue weighted by Crippen LogP contribution is 2.18. The highest BCUT2D eigenvalue weighted by molar-refractivity contribution is 6.35. The second kappa shape index (κ2) is 6.39. The number of hydrogen-bond acceptors (Lipinski definition) is 4. The zero-order chi connectivity index (χ0) is 16.4. The molecule has 1 saturated carbocycles. The zero-order valence-electron chi connectivity index (χ0n) is 13.2. The number of nitrogens with one attached hydrogen (secondary N) is 2. The summed E-state index contributed by atoms with van der Waals surface area (Å²) in [4.78, 5) is 39.3. The van der Waals surface area contributed by atoms with Crippen molar-refractivity contribution < 1.29 is 14.4 Å². The largest absolute Gasteiger partial charge is 0.345 e. The molecule has 2 N–H and O–H groups in total. The summed E-state index contributed by atoms with van der Waals surface area (Å²) in [6.45, 7) is 3.55. The lowest BCUT2D eigenvalue weighted by atomic mass is 10.2. The van der Waals surface area contributed by atoms with Crippen LogP contribution in [0.3, 0.4) is 0 Å². The summed E-state index contributed by atoms with van der Waals surface area (Å²) in [6.07, 6.45) is 2.69. The highest BCUT2D eigenvalue weighted by atomic mass is 16.2. The molecule has 2 heterocycles. The Balaban J connectivity index is 1.52. The molecule has 1 aromatic heterocycles. The molecule has 1 aliphatic carbocycles. The molecule has 0 unspecified atom stereocenters. The van der Waals surface area contributed by atoms with Crippen molar-refractivity contribution in [1.82, 2.24) is 25.3 Å². The van der Waals surface area contributed by atoms with Crippen molar-refractivity contribution in [2.45, 2.75) is 32.2 Å². The quantitative estimate of drug-likeness (QED) is 0.736. The SMILES string of the molecule is CCc1cc(C(=O)N2CCN(C(=O)C(=O)NC3CC3)CC2)n[nH]1. The van der Waals surface area contributed by atoms with Gasteiger partial charge in [-0.2, -0.15) is 5.10 Å². The van der Waals surface area contributed by atoms with Crippen molar-refractivity contribution in [1.29, 1.82) is 0 Å². The number of amides is 3. The molecule has 0 atom stereocenters. The maximum atomic E-state index is 12.4. The van der Waals surface area contributed by atoms with E-state index in [1.165, 1.54) is 4.90 Å². The van der Waals surface area contributed by atoms with Gasteiger partial charge in [-0.25, -0.2) is 0 Å². The number of nitrogens with zero attached hydrogens (tertiary/aromatic N) is 3. The Hall–Kier alpha value is -2.38. The number of aromatic amines is 1. The van der Waals surface area contributed by atoms with Crippen molar-refractivity contribution in [3.63, 3.8) is 0 Å². The van der Waals surface area contributed by atoms with Crippen LogP contribution in [0.4, 0.5) is 0 Å². The molecule has 1 aromatic rings. The van der Waals surface area contributed by atoms with Crippen LogP contribution >= 0.6 is 0 Å². The Morgan fingerprint density at radius 3 is 2.43 bits per heavy atom. The van der Waals surface area contributed by atoms with Crippen molar-refractivity contribution >= 4 is 17.7 Å². The van der Waals surface area contributed by atoms with Crippen LogP contribution in [0, 0.1) is 0 Å². The predicted molar refractivity (Wildman–Crippen MR) is 81.6 cm³/mol. The lowest BCUT2D eigenvalue weighted by Gasteiger charge is -2.34. The molecule has 2 aliphatic rings. The van der Waals surface area contributed by atoms with Crippen LogP contribution in [0.15, 0.2) is 6.07 Å². The molecule has 2 fully saturated rings. The fourth-order valence-corrected chi connectivity index (χ4v) is 2.55. The summed E-state index contributed by atoms with van der Waals surface area (Å²) in [5.41, 5.74) is 1.31. The first-order chi connectivity index (χ1) is 11.1. The van der Waals surface area contributed by atoms with Crippen LogP contribution in [-0.4, -0.2) is 69.9 Å². The Bertz CT molecular complexity index is 614. The third-order valence-electron chi connectivity index (χ3n) is 4.19. The van der Waals surface area contributed by atoms with Crippen LogP contribution in [0.1, 0.15) is 35.9 Å². The van der Waals surface area contributed by atoms with E-state index in [2.05, 4.69) is 15.5 Å². The Morgan fingerprint density at radius 1 is 1.22 bits per heavy atom. The maximum absolute atomic E-state index is 12.4. The van der Waals surface area contributed by atoms with Gasteiger partial charge in [0.05, 0.1) is 0 Å². The summed E-state index contributed by atoms with van der Waals surface area (Å²) in [5, 5.41) is 9.54. The Labute approximate surface area is 134 Å². The van der Waals surface area contributed by atoms with Gasteiger partial charge in [0.2, 0.25) is 0 Å². The Kier molecular flexibility index (Phi) is 4.31. The summed E-state index contributed by atoms with van der Waals surface area (Å²) < 4.78 is 0. The molecule has 124 valence electrons. The number of aryl methyl sites for hydroxylation is 1. The van der Waals surface area contributed by atoms with Gasteiger partial charge < -0.3 is 15.1 Å². The highest BCUT2D eigenvalue weighted by Gasteiger charge is 2.32. The standard InChI is InChI=1S/C15H21N5O3/c1-2-10-9-12(18-17-10)14(22)19-5-7-20(8-6-19)15(23)13(21)16-11-3-4-11/h9,11H,2-8H2,1H3,(H,16,21)(H,17,18). The van der Waals surface area contributed by atoms with E-state index >= 15 is 0 Å². The summed E-state index contributed by atoms with van der Waals surface area (Å²) in [6, 6.07) is 1.92. The topological polar surface area (TPSA) is 98.4 Å². The van der Waals surface area contributed by atoms with Crippen LogP contribution in [0.25, 0.3) is 0 Å². The maximum Gasteiger partial charge on any atom is 0.312 e. The fraction of sp³-hybridized carbons (Fsp3) is 0.600. The molecule has 3 amide bonds. The van der Waals surface area contributed by atoms with Gasteiger partial charge in [-0.3, -0.25) is 19.5 Å². The predicted octanol–water partition coefficient (Wildman–Crippen LogP) is -0.465. The number of aromatic nitrogens is 2. The van der Waals surface area contributed by atoms with Gasteiger partial charge in [-0.05, 0) is 25.3 Å². The minimum Gasteiger partial charge on any atom is -0.345 e. The number of carbonyl (C=O) groups excluding carboxylic acids is 3. The molecule has 0 bridgehead atoms. The monoisotopic (exact) mass is 319 g/mol. The first-order valence-corrected chi connectivity index (χ1v) is 8.01. The van der Waals surface area contributed by atoms with Gasteiger partial charge in [0, 0.05) is 37.9 Å². The van der Waals surface area contributed by atoms with E-state index in [1.807, 2.05) is 6.92 Å². The third kappa shape index (κ3) is 3.52. The minimum absolute atomic E-state index is 0.143. The summed E-state index contributed by atoms with van der Waals surface area (Å²) in [7, 11) is 0. The zero-order valence-corrected chi connectivity index (χ0v) is 13.2. The summed E-state index contributed by atoms with van der Waals surface area (Å²) in [5.74, 6) is -1.18. The van der Waals surface area contributed by atoms with Gasteiger partial charge in [-0.1, -0.05) is 6.92 Å². The van der Waals surface area contributed by atoms with Crippen molar-refractivity contribution in [2.24, 2.45) is 0 Å². The second-order valence-electron chi connectivity index (χ2n) is 5.96. The molecular weight excluding hydrogens is 298 g/mol.